The van der Waals surface area contributed by atoms with Crippen molar-refractivity contribution in [3.63, 3.8) is 0 Å². The highest BCUT2D eigenvalue weighted by Gasteiger charge is 2.29. The fraction of sp³-hybridized carbons (Fsp3) is 0.467. The molecule has 2 heterocycles. The van der Waals surface area contributed by atoms with Crippen LogP contribution in [0.3, 0.4) is 0 Å². The molecule has 0 saturated carbocycles. The van der Waals surface area contributed by atoms with Crippen LogP contribution in [0, 0.1) is 0 Å². The Morgan fingerprint density at radius 2 is 1.95 bits per heavy atom. The van der Waals surface area contributed by atoms with E-state index in [0.29, 0.717) is 5.76 Å². The minimum absolute atomic E-state index is 0.466. The van der Waals surface area contributed by atoms with Gasteiger partial charge in [-0.25, -0.2) is 0 Å². The van der Waals surface area contributed by atoms with Gasteiger partial charge in [0.2, 0.25) is 0 Å². The van der Waals surface area contributed by atoms with Crippen LogP contribution in [0.2, 0.25) is 0 Å². The zero-order valence-corrected chi connectivity index (χ0v) is 12.3. The van der Waals surface area contributed by atoms with Crippen molar-refractivity contribution >= 4 is 0 Å². The van der Waals surface area contributed by atoms with Crippen molar-refractivity contribution in [2.75, 3.05) is 0 Å². The second kappa shape index (κ2) is 6.48. The Kier molecular flexibility index (Phi) is 5.24. The molecule has 0 spiro atoms. The van der Waals surface area contributed by atoms with Crippen LogP contribution >= 0.6 is 0 Å². The van der Waals surface area contributed by atoms with Crippen LogP contribution in [0.15, 0.2) is 28.9 Å². The molecule has 0 aromatic carbocycles. The number of pyridine rings is 1. The first-order valence-corrected chi connectivity index (χ1v) is 6.67. The summed E-state index contributed by atoms with van der Waals surface area (Å²) in [6.45, 7) is 9.36. The molecule has 104 valence electrons. The van der Waals surface area contributed by atoms with E-state index in [0.717, 1.165) is 23.4 Å². The summed E-state index contributed by atoms with van der Waals surface area (Å²) in [6.07, 6.45) is 2.46. The largest absolute Gasteiger partial charge is 0.382 e. The second-order valence-corrected chi connectivity index (χ2v) is 4.46. The Hall–Kier alpha value is -1.68. The summed E-state index contributed by atoms with van der Waals surface area (Å²) in [5, 5.41) is 14.1. The summed E-state index contributed by atoms with van der Waals surface area (Å²) < 4.78 is 5.27. The van der Waals surface area contributed by atoms with Crippen LogP contribution in [-0.4, -0.2) is 15.2 Å². The number of hydrogen-bond donors (Lipinski definition) is 1. The first kappa shape index (κ1) is 15.4. The van der Waals surface area contributed by atoms with Gasteiger partial charge in [-0.05, 0) is 32.4 Å². The average Bonchev–Trinajstić information content (AvgIpc) is 2.86. The third kappa shape index (κ3) is 3.41. The summed E-state index contributed by atoms with van der Waals surface area (Å²) in [5.41, 5.74) is 1.34. The van der Waals surface area contributed by atoms with E-state index in [-0.39, 0.29) is 0 Å². The first-order chi connectivity index (χ1) is 9.04. The summed E-state index contributed by atoms with van der Waals surface area (Å²) >= 11 is 0. The number of nitrogens with zero attached hydrogens (tertiary/aromatic N) is 2. The zero-order chi connectivity index (χ0) is 14.5. The van der Waals surface area contributed by atoms with Crippen molar-refractivity contribution in [3.05, 3.63) is 35.9 Å². The second-order valence-electron chi connectivity index (χ2n) is 4.46. The van der Waals surface area contributed by atoms with E-state index in [9.17, 15) is 5.11 Å². The van der Waals surface area contributed by atoms with Gasteiger partial charge >= 0.3 is 0 Å². The topological polar surface area (TPSA) is 59.2 Å². The molecule has 4 heteroatoms. The van der Waals surface area contributed by atoms with Crippen molar-refractivity contribution in [3.8, 4) is 11.3 Å². The third-order valence-corrected chi connectivity index (χ3v) is 2.57. The fourth-order valence-corrected chi connectivity index (χ4v) is 1.76. The average molecular weight is 262 g/mol. The molecule has 0 aliphatic carbocycles. The zero-order valence-electron chi connectivity index (χ0n) is 12.3. The number of aromatic nitrogens is 2. The SMILES string of the molecule is CC.CCc1noc(C(C)(C)O)c1-c1ccccn1. The molecule has 0 amide bonds. The third-order valence-electron chi connectivity index (χ3n) is 2.57. The quantitative estimate of drug-likeness (QED) is 0.919. The van der Waals surface area contributed by atoms with Crippen LogP contribution in [0.5, 0.6) is 0 Å². The Balaban J connectivity index is 0.000000861. The predicted molar refractivity (Wildman–Crippen MR) is 75.7 cm³/mol. The Bertz CT molecular complexity index is 499. The standard InChI is InChI=1S/C13H16N2O2.C2H6/c1-4-9-11(10-7-5-6-8-14-10)12(17-15-9)13(2,3)16;1-2/h5-8,16H,4H2,1-3H3;1-2H3. The van der Waals surface area contributed by atoms with Crippen molar-refractivity contribution in [2.45, 2.75) is 46.6 Å². The molecule has 0 saturated heterocycles. The van der Waals surface area contributed by atoms with Crippen molar-refractivity contribution in [2.24, 2.45) is 0 Å². The lowest BCUT2D eigenvalue weighted by Crippen LogP contribution is -2.15. The number of aryl methyl sites for hydroxylation is 1. The van der Waals surface area contributed by atoms with Gasteiger partial charge in [-0.2, -0.15) is 0 Å². The number of rotatable bonds is 3. The van der Waals surface area contributed by atoms with E-state index in [1.54, 1.807) is 20.0 Å². The van der Waals surface area contributed by atoms with Crippen LogP contribution in [0.25, 0.3) is 11.3 Å². The maximum atomic E-state index is 10.1. The van der Waals surface area contributed by atoms with Gasteiger partial charge in [0.15, 0.2) is 5.76 Å². The molecule has 1 N–H and O–H groups in total. The molecule has 2 aromatic heterocycles. The van der Waals surface area contributed by atoms with Gasteiger partial charge in [0.1, 0.15) is 5.60 Å². The lowest BCUT2D eigenvalue weighted by Gasteiger charge is -2.14. The molecule has 0 atom stereocenters. The molecule has 0 fully saturated rings. The summed E-state index contributed by atoms with van der Waals surface area (Å²) in [7, 11) is 0. The molecular formula is C15H22N2O2. The van der Waals surface area contributed by atoms with Crippen LogP contribution in [-0.2, 0) is 12.0 Å². The van der Waals surface area contributed by atoms with E-state index in [2.05, 4.69) is 10.1 Å². The van der Waals surface area contributed by atoms with Crippen molar-refractivity contribution in [1.82, 2.24) is 10.1 Å². The van der Waals surface area contributed by atoms with Crippen LogP contribution < -0.4 is 0 Å². The van der Waals surface area contributed by atoms with Crippen LogP contribution in [0.4, 0.5) is 0 Å². The minimum atomic E-state index is -1.06. The fourth-order valence-electron chi connectivity index (χ4n) is 1.76. The number of hydrogen-bond acceptors (Lipinski definition) is 4. The van der Waals surface area contributed by atoms with Gasteiger partial charge in [0.25, 0.3) is 0 Å². The Morgan fingerprint density at radius 3 is 2.42 bits per heavy atom. The molecule has 0 bridgehead atoms. The van der Waals surface area contributed by atoms with Gasteiger partial charge in [0.05, 0.1) is 17.0 Å². The minimum Gasteiger partial charge on any atom is -0.382 e. The van der Waals surface area contributed by atoms with E-state index in [1.807, 2.05) is 39.0 Å². The maximum absolute atomic E-state index is 10.1. The van der Waals surface area contributed by atoms with E-state index >= 15 is 0 Å². The van der Waals surface area contributed by atoms with Crippen LogP contribution in [0.1, 0.15) is 46.1 Å². The van der Waals surface area contributed by atoms with Crippen molar-refractivity contribution in [1.29, 1.82) is 0 Å². The molecule has 0 aliphatic rings. The van der Waals surface area contributed by atoms with Gasteiger partial charge in [-0.1, -0.05) is 32.0 Å². The molecule has 0 radical (unpaired) electrons. The molecule has 4 nitrogen and oxygen atoms in total. The van der Waals surface area contributed by atoms with Gasteiger partial charge < -0.3 is 9.63 Å². The van der Waals surface area contributed by atoms with Gasteiger partial charge in [0, 0.05) is 6.20 Å². The Morgan fingerprint density at radius 1 is 1.26 bits per heavy atom. The van der Waals surface area contributed by atoms with E-state index in [1.165, 1.54) is 0 Å². The summed E-state index contributed by atoms with van der Waals surface area (Å²) in [5.74, 6) is 0.466. The normalized spacial score (nSPS) is 10.8. The Labute approximate surface area is 114 Å². The van der Waals surface area contributed by atoms with Gasteiger partial charge in [-0.15, -0.1) is 0 Å². The van der Waals surface area contributed by atoms with E-state index in [4.69, 9.17) is 4.52 Å². The van der Waals surface area contributed by atoms with Crippen molar-refractivity contribution < 1.29 is 9.63 Å². The summed E-state index contributed by atoms with van der Waals surface area (Å²) in [4.78, 5) is 4.29. The highest BCUT2D eigenvalue weighted by Crippen LogP contribution is 2.33. The molecule has 2 rings (SSSR count). The molecule has 19 heavy (non-hydrogen) atoms. The smallest absolute Gasteiger partial charge is 0.177 e. The lowest BCUT2D eigenvalue weighted by atomic mass is 9.97. The summed E-state index contributed by atoms with van der Waals surface area (Å²) in [6, 6.07) is 5.65. The maximum Gasteiger partial charge on any atom is 0.177 e. The lowest BCUT2D eigenvalue weighted by molar-refractivity contribution is 0.0481. The first-order valence-electron chi connectivity index (χ1n) is 6.67. The predicted octanol–water partition coefficient (Wildman–Crippen LogP) is 3.55. The highest BCUT2D eigenvalue weighted by atomic mass is 16.5. The number of aliphatic hydroxyl groups is 1. The monoisotopic (exact) mass is 262 g/mol. The molecular weight excluding hydrogens is 240 g/mol. The molecule has 0 aliphatic heterocycles. The molecule has 2 aromatic rings. The van der Waals surface area contributed by atoms with E-state index < -0.39 is 5.60 Å². The highest BCUT2D eigenvalue weighted by molar-refractivity contribution is 5.65. The van der Waals surface area contributed by atoms with Gasteiger partial charge in [-0.3, -0.25) is 4.98 Å². The molecule has 0 unspecified atom stereocenters.